The smallest absolute Gasteiger partial charge is 0.248 e. The fourth-order valence-electron chi connectivity index (χ4n) is 2.30. The van der Waals surface area contributed by atoms with E-state index < -0.39 is 5.91 Å². The minimum absolute atomic E-state index is 0.112. The molecule has 0 radical (unpaired) electrons. The van der Waals surface area contributed by atoms with Crippen molar-refractivity contribution < 1.29 is 9.59 Å². The number of aromatic nitrogens is 2. The molecule has 1 aromatic carbocycles. The van der Waals surface area contributed by atoms with Crippen molar-refractivity contribution in [3.8, 4) is 11.3 Å². The number of likely N-dealkylation sites (N-methyl/N-ethyl adjacent to an activating group) is 1. The van der Waals surface area contributed by atoms with Gasteiger partial charge in [-0.1, -0.05) is 12.1 Å². The highest BCUT2D eigenvalue weighted by molar-refractivity contribution is 6.02. The number of anilines is 2. The van der Waals surface area contributed by atoms with Crippen LogP contribution >= 0.6 is 0 Å². The number of benzene rings is 1. The number of amides is 2. The second kappa shape index (κ2) is 4.86. The molecular weight excluding hydrogens is 270 g/mol. The van der Waals surface area contributed by atoms with Crippen molar-refractivity contribution >= 4 is 23.3 Å². The van der Waals surface area contributed by atoms with Gasteiger partial charge in [0.2, 0.25) is 11.8 Å². The molecule has 0 fully saturated rings. The summed E-state index contributed by atoms with van der Waals surface area (Å²) in [5, 5.41) is 2.72. The summed E-state index contributed by atoms with van der Waals surface area (Å²) < 4.78 is 0. The predicted molar refractivity (Wildman–Crippen MR) is 77.9 cm³/mol. The molecule has 1 aliphatic rings. The van der Waals surface area contributed by atoms with Gasteiger partial charge in [-0.25, -0.2) is 9.97 Å². The van der Waals surface area contributed by atoms with Crippen LogP contribution in [-0.2, 0) is 4.79 Å². The maximum atomic E-state index is 11.5. The lowest BCUT2D eigenvalue weighted by Gasteiger charge is -2.27. The lowest BCUT2D eigenvalue weighted by Crippen LogP contribution is -2.36. The van der Waals surface area contributed by atoms with Gasteiger partial charge in [-0.05, 0) is 12.1 Å². The molecule has 7 nitrogen and oxygen atoms in total. The fraction of sp³-hybridized carbons (Fsp3) is 0.143. The molecule has 2 heterocycles. The number of nitrogens with zero attached hydrogens (tertiary/aromatic N) is 3. The van der Waals surface area contributed by atoms with Crippen LogP contribution in [-0.4, -0.2) is 35.4 Å². The number of hydrogen-bond acceptors (Lipinski definition) is 5. The van der Waals surface area contributed by atoms with Gasteiger partial charge in [0.05, 0.1) is 12.2 Å². The second-order valence-corrected chi connectivity index (χ2v) is 4.77. The van der Waals surface area contributed by atoms with Crippen LogP contribution in [0.1, 0.15) is 10.4 Å². The van der Waals surface area contributed by atoms with Crippen molar-refractivity contribution in [2.24, 2.45) is 5.73 Å². The Morgan fingerprint density at radius 2 is 2.00 bits per heavy atom. The molecule has 0 aliphatic carbocycles. The number of nitrogens with one attached hydrogen (secondary N) is 1. The first-order valence-electron chi connectivity index (χ1n) is 6.32. The molecule has 0 atom stereocenters. The fourth-order valence-corrected chi connectivity index (χ4v) is 2.30. The molecule has 0 spiro atoms. The average molecular weight is 283 g/mol. The van der Waals surface area contributed by atoms with E-state index in [2.05, 4.69) is 15.3 Å². The number of primary amides is 1. The molecule has 3 N–H and O–H groups in total. The lowest BCUT2D eigenvalue weighted by atomic mass is 10.1. The van der Waals surface area contributed by atoms with E-state index in [0.717, 1.165) is 11.3 Å². The van der Waals surface area contributed by atoms with Crippen LogP contribution in [0.2, 0.25) is 0 Å². The van der Waals surface area contributed by atoms with Gasteiger partial charge < -0.3 is 16.0 Å². The normalized spacial score (nSPS) is 13.6. The van der Waals surface area contributed by atoms with E-state index in [1.54, 1.807) is 29.2 Å². The van der Waals surface area contributed by atoms with Crippen LogP contribution in [0.3, 0.4) is 0 Å². The lowest BCUT2D eigenvalue weighted by molar-refractivity contribution is -0.115. The van der Waals surface area contributed by atoms with Crippen LogP contribution in [0.5, 0.6) is 0 Å². The molecule has 3 rings (SSSR count). The minimum Gasteiger partial charge on any atom is -0.366 e. The van der Waals surface area contributed by atoms with Crippen molar-refractivity contribution in [1.29, 1.82) is 0 Å². The molecule has 0 saturated heterocycles. The molecule has 0 unspecified atom stereocenters. The minimum atomic E-state index is -0.476. The Morgan fingerprint density at radius 3 is 2.67 bits per heavy atom. The largest absolute Gasteiger partial charge is 0.366 e. The number of carbonyl (C=O) groups is 2. The summed E-state index contributed by atoms with van der Waals surface area (Å²) in [5.74, 6) is -0.105. The van der Waals surface area contributed by atoms with Crippen LogP contribution in [0.25, 0.3) is 11.3 Å². The molecule has 106 valence electrons. The Labute approximate surface area is 120 Å². The quantitative estimate of drug-likeness (QED) is 0.841. The Hall–Kier alpha value is -2.96. The van der Waals surface area contributed by atoms with E-state index in [1.165, 1.54) is 6.33 Å². The Balaban J connectivity index is 2.09. The topological polar surface area (TPSA) is 101 Å². The second-order valence-electron chi connectivity index (χ2n) is 4.77. The first kappa shape index (κ1) is 13.0. The predicted octanol–water partition coefficient (Wildman–Crippen LogP) is 0.631. The first-order valence-corrected chi connectivity index (χ1v) is 6.32. The van der Waals surface area contributed by atoms with E-state index in [1.807, 2.05) is 7.05 Å². The number of rotatable bonds is 2. The zero-order chi connectivity index (χ0) is 15.0. The third-order valence-corrected chi connectivity index (χ3v) is 3.29. The summed E-state index contributed by atoms with van der Waals surface area (Å²) in [6.07, 6.45) is 1.40. The highest BCUT2D eigenvalue weighted by Crippen LogP contribution is 2.35. The number of fused-ring (bicyclic) bond motifs is 1. The van der Waals surface area contributed by atoms with Crippen molar-refractivity contribution in [1.82, 2.24) is 9.97 Å². The monoisotopic (exact) mass is 283 g/mol. The van der Waals surface area contributed by atoms with E-state index >= 15 is 0 Å². The Morgan fingerprint density at radius 1 is 1.29 bits per heavy atom. The summed E-state index contributed by atoms with van der Waals surface area (Å²) in [7, 11) is 1.81. The molecule has 7 heteroatoms. The van der Waals surface area contributed by atoms with Gasteiger partial charge in [-0.3, -0.25) is 9.59 Å². The number of carbonyl (C=O) groups excluding carboxylic acids is 2. The first-order chi connectivity index (χ1) is 10.1. The van der Waals surface area contributed by atoms with Crippen molar-refractivity contribution in [3.05, 3.63) is 36.2 Å². The van der Waals surface area contributed by atoms with Crippen LogP contribution in [0, 0.1) is 0 Å². The molecule has 1 aliphatic heterocycles. The van der Waals surface area contributed by atoms with Gasteiger partial charge in [-0.15, -0.1) is 0 Å². The van der Waals surface area contributed by atoms with Gasteiger partial charge in [-0.2, -0.15) is 0 Å². The zero-order valence-electron chi connectivity index (χ0n) is 11.3. The summed E-state index contributed by atoms with van der Waals surface area (Å²) in [5.41, 5.74) is 7.93. The summed E-state index contributed by atoms with van der Waals surface area (Å²) >= 11 is 0. The van der Waals surface area contributed by atoms with Gasteiger partial charge >= 0.3 is 0 Å². The van der Waals surface area contributed by atoms with Crippen molar-refractivity contribution in [2.45, 2.75) is 0 Å². The van der Waals surface area contributed by atoms with Crippen LogP contribution in [0.4, 0.5) is 11.5 Å². The van der Waals surface area contributed by atoms with E-state index in [0.29, 0.717) is 17.1 Å². The Bertz CT molecular complexity index is 727. The summed E-state index contributed by atoms with van der Waals surface area (Å²) in [4.78, 5) is 32.8. The molecule has 1 aromatic heterocycles. The van der Waals surface area contributed by atoms with Gasteiger partial charge in [0.1, 0.15) is 12.0 Å². The van der Waals surface area contributed by atoms with E-state index in [-0.39, 0.29) is 12.5 Å². The van der Waals surface area contributed by atoms with Gasteiger partial charge in [0.25, 0.3) is 0 Å². The third kappa shape index (κ3) is 2.29. The van der Waals surface area contributed by atoms with Crippen LogP contribution in [0.15, 0.2) is 30.6 Å². The van der Waals surface area contributed by atoms with Gasteiger partial charge in [0.15, 0.2) is 5.82 Å². The maximum absolute atomic E-state index is 11.5. The zero-order valence-corrected chi connectivity index (χ0v) is 11.3. The molecule has 21 heavy (non-hydrogen) atoms. The SMILES string of the molecule is CN1CC(=O)Nc2ncnc(-c3ccc(C(N)=O)cc3)c21. The highest BCUT2D eigenvalue weighted by atomic mass is 16.2. The molecule has 2 aromatic rings. The number of nitrogens with two attached hydrogens (primary N) is 1. The van der Waals surface area contributed by atoms with Crippen LogP contribution < -0.4 is 16.0 Å². The van der Waals surface area contributed by atoms with Gasteiger partial charge in [0, 0.05) is 18.2 Å². The van der Waals surface area contributed by atoms with Crippen molar-refractivity contribution in [3.63, 3.8) is 0 Å². The Kier molecular flexibility index (Phi) is 3.02. The average Bonchev–Trinajstić information content (AvgIpc) is 2.46. The molecule has 2 amide bonds. The van der Waals surface area contributed by atoms with Crippen molar-refractivity contribution in [2.75, 3.05) is 23.8 Å². The van der Waals surface area contributed by atoms with E-state index in [9.17, 15) is 9.59 Å². The number of hydrogen-bond donors (Lipinski definition) is 2. The molecule has 0 saturated carbocycles. The maximum Gasteiger partial charge on any atom is 0.248 e. The molecular formula is C14H13N5O2. The standard InChI is InChI=1S/C14H13N5O2/c1-19-6-10(20)18-14-12(19)11(16-7-17-14)8-2-4-9(5-3-8)13(15)21/h2-5,7H,6H2,1H3,(H2,15,21)(H,16,17,18,20). The highest BCUT2D eigenvalue weighted by Gasteiger charge is 2.24. The van der Waals surface area contributed by atoms with E-state index in [4.69, 9.17) is 5.73 Å². The third-order valence-electron chi connectivity index (χ3n) is 3.29. The summed E-state index contributed by atoms with van der Waals surface area (Å²) in [6, 6.07) is 6.83. The molecule has 0 bridgehead atoms. The summed E-state index contributed by atoms with van der Waals surface area (Å²) in [6.45, 7) is 0.243.